The van der Waals surface area contributed by atoms with E-state index < -0.39 is 11.5 Å². The maximum atomic E-state index is 12.7. The summed E-state index contributed by atoms with van der Waals surface area (Å²) >= 11 is 0. The third-order valence-corrected chi connectivity index (χ3v) is 5.03. The number of aromatic amines is 1. The van der Waals surface area contributed by atoms with Crippen molar-refractivity contribution in [3.63, 3.8) is 0 Å². The van der Waals surface area contributed by atoms with Gasteiger partial charge in [-0.3, -0.25) is 9.59 Å². The Morgan fingerprint density at radius 3 is 2.56 bits per heavy atom. The molecule has 144 valence electrons. The first-order valence-electron chi connectivity index (χ1n) is 9.11. The Labute approximate surface area is 157 Å². The van der Waals surface area contributed by atoms with Crippen molar-refractivity contribution in [3.05, 3.63) is 57.6 Å². The number of ether oxygens (including phenoxy) is 1. The molecule has 1 aliphatic rings. The smallest absolute Gasteiger partial charge is 0.261 e. The monoisotopic (exact) mass is 371 g/mol. The summed E-state index contributed by atoms with van der Waals surface area (Å²) < 4.78 is 5.08. The number of pyridine rings is 2. The summed E-state index contributed by atoms with van der Waals surface area (Å²) in [5.74, 6) is 0.310. The van der Waals surface area contributed by atoms with E-state index in [2.05, 4.69) is 15.3 Å². The lowest BCUT2D eigenvalue weighted by Gasteiger charge is -2.38. The van der Waals surface area contributed by atoms with Gasteiger partial charge in [0.2, 0.25) is 5.88 Å². The van der Waals surface area contributed by atoms with Crippen molar-refractivity contribution in [3.8, 4) is 5.88 Å². The summed E-state index contributed by atoms with van der Waals surface area (Å²) in [4.78, 5) is 32.0. The Morgan fingerprint density at radius 2 is 2.04 bits per heavy atom. The number of hydrogen-bond donors (Lipinski definition) is 3. The van der Waals surface area contributed by atoms with Crippen molar-refractivity contribution < 1.29 is 14.6 Å². The number of methoxy groups -OCH3 is 1. The normalized spacial score (nSPS) is 20.0. The zero-order valence-corrected chi connectivity index (χ0v) is 15.7. The summed E-state index contributed by atoms with van der Waals surface area (Å²) in [6, 6.07) is 6.56. The Balaban J connectivity index is 1.83. The summed E-state index contributed by atoms with van der Waals surface area (Å²) in [6.07, 6.45) is 2.49. The topological polar surface area (TPSA) is 104 Å². The van der Waals surface area contributed by atoms with Crippen molar-refractivity contribution in [1.82, 2.24) is 15.3 Å². The van der Waals surface area contributed by atoms with Gasteiger partial charge in [0.25, 0.3) is 11.5 Å². The van der Waals surface area contributed by atoms with Gasteiger partial charge in [-0.15, -0.1) is 0 Å². The van der Waals surface area contributed by atoms with Crippen LogP contribution < -0.4 is 15.6 Å². The van der Waals surface area contributed by atoms with Crippen molar-refractivity contribution in [1.29, 1.82) is 0 Å². The van der Waals surface area contributed by atoms with Crippen LogP contribution in [-0.2, 0) is 0 Å². The highest BCUT2D eigenvalue weighted by Crippen LogP contribution is 2.38. The number of nitrogens with zero attached hydrogens (tertiary/aromatic N) is 1. The van der Waals surface area contributed by atoms with Crippen molar-refractivity contribution in [2.45, 2.75) is 44.8 Å². The lowest BCUT2D eigenvalue weighted by atomic mass is 9.75. The zero-order chi connectivity index (χ0) is 19.6. The van der Waals surface area contributed by atoms with E-state index in [9.17, 15) is 14.7 Å². The first kappa shape index (κ1) is 19.1. The predicted molar refractivity (Wildman–Crippen MR) is 101 cm³/mol. The lowest BCUT2D eigenvalue weighted by Crippen LogP contribution is -2.42. The fourth-order valence-corrected chi connectivity index (χ4v) is 3.30. The number of aliphatic hydroxyl groups excluding tert-OH is 1. The molecule has 1 atom stereocenters. The van der Waals surface area contributed by atoms with Gasteiger partial charge < -0.3 is 20.1 Å². The molecule has 0 saturated heterocycles. The quantitative estimate of drug-likeness (QED) is 0.722. The van der Waals surface area contributed by atoms with Crippen LogP contribution in [-0.4, -0.2) is 34.2 Å². The van der Waals surface area contributed by atoms with E-state index in [0.29, 0.717) is 18.7 Å². The summed E-state index contributed by atoms with van der Waals surface area (Å²) in [5, 5.41) is 12.6. The first-order valence-corrected chi connectivity index (χ1v) is 9.11. The standard InChI is InChI=1S/C20H25N3O4/c1-11(2)16-6-5-15(19(25)22-16)20(26)23-18(13-8-14(24)9-13)12-4-7-17(27-3)21-10-12/h4-7,10-11,13-14,18,24H,8-9H2,1-3H3,(H,22,25)(H,23,26)/t13?,14?,18-/m1/s1. The molecule has 2 heterocycles. The molecule has 1 aliphatic carbocycles. The highest BCUT2D eigenvalue weighted by molar-refractivity contribution is 5.94. The van der Waals surface area contributed by atoms with Crippen LogP contribution >= 0.6 is 0 Å². The van der Waals surface area contributed by atoms with Gasteiger partial charge in [0, 0.05) is 18.0 Å². The molecule has 1 amide bonds. The number of rotatable bonds is 6. The second-order valence-electron chi connectivity index (χ2n) is 7.28. The largest absolute Gasteiger partial charge is 0.481 e. The molecule has 27 heavy (non-hydrogen) atoms. The number of nitrogens with one attached hydrogen (secondary N) is 2. The number of hydrogen-bond acceptors (Lipinski definition) is 5. The van der Waals surface area contributed by atoms with Crippen molar-refractivity contribution >= 4 is 5.91 Å². The fraction of sp³-hybridized carbons (Fsp3) is 0.450. The van der Waals surface area contributed by atoms with Crippen LogP contribution in [0.4, 0.5) is 0 Å². The molecular formula is C20H25N3O4. The number of carbonyl (C=O) groups excluding carboxylic acids is 1. The highest BCUT2D eigenvalue weighted by Gasteiger charge is 2.36. The maximum Gasteiger partial charge on any atom is 0.261 e. The predicted octanol–water partition coefficient (Wildman–Crippen LogP) is 2.14. The Bertz CT molecular complexity index is 854. The van der Waals surface area contributed by atoms with Gasteiger partial charge in [-0.25, -0.2) is 4.98 Å². The number of amides is 1. The van der Waals surface area contributed by atoms with E-state index in [-0.39, 0.29) is 29.5 Å². The summed E-state index contributed by atoms with van der Waals surface area (Å²) in [7, 11) is 1.54. The van der Waals surface area contributed by atoms with Crippen molar-refractivity contribution in [2.24, 2.45) is 5.92 Å². The van der Waals surface area contributed by atoms with Gasteiger partial charge in [0.05, 0.1) is 19.3 Å². The SMILES string of the molecule is COc1ccc([C@@H](NC(=O)c2ccc(C(C)C)[nH]c2=O)C2CC(O)C2)cn1. The fourth-order valence-electron chi connectivity index (χ4n) is 3.30. The van der Waals surface area contributed by atoms with E-state index in [0.717, 1.165) is 11.3 Å². The molecule has 3 N–H and O–H groups in total. The molecule has 3 rings (SSSR count). The summed E-state index contributed by atoms with van der Waals surface area (Å²) in [6.45, 7) is 3.94. The molecular weight excluding hydrogens is 346 g/mol. The number of aliphatic hydroxyl groups is 1. The van der Waals surface area contributed by atoms with Gasteiger partial charge in [-0.05, 0) is 42.4 Å². The third kappa shape index (κ3) is 4.19. The second-order valence-corrected chi connectivity index (χ2v) is 7.28. The minimum atomic E-state index is -0.436. The van der Waals surface area contributed by atoms with Crippen LogP contribution in [0, 0.1) is 5.92 Å². The second kappa shape index (κ2) is 7.92. The van der Waals surface area contributed by atoms with Gasteiger partial charge >= 0.3 is 0 Å². The molecule has 1 saturated carbocycles. The Hall–Kier alpha value is -2.67. The van der Waals surface area contributed by atoms with Gasteiger partial charge in [0.1, 0.15) is 5.56 Å². The van der Waals surface area contributed by atoms with E-state index in [1.165, 1.54) is 7.11 Å². The number of H-pyrrole nitrogens is 1. The van der Waals surface area contributed by atoms with Gasteiger partial charge in [0.15, 0.2) is 0 Å². The average Bonchev–Trinajstić information content (AvgIpc) is 2.63. The third-order valence-electron chi connectivity index (χ3n) is 5.03. The Kier molecular flexibility index (Phi) is 5.60. The average molecular weight is 371 g/mol. The molecule has 0 bridgehead atoms. The zero-order valence-electron chi connectivity index (χ0n) is 15.7. The summed E-state index contributed by atoms with van der Waals surface area (Å²) in [5.41, 5.74) is 1.27. The number of carbonyl (C=O) groups is 1. The highest BCUT2D eigenvalue weighted by atomic mass is 16.5. The molecule has 2 aromatic rings. The molecule has 2 aromatic heterocycles. The first-order chi connectivity index (χ1) is 12.9. The molecule has 0 aliphatic heterocycles. The van der Waals surface area contributed by atoms with Crippen molar-refractivity contribution in [2.75, 3.05) is 7.11 Å². The van der Waals surface area contributed by atoms with Crippen LogP contribution in [0.15, 0.2) is 35.3 Å². The minimum absolute atomic E-state index is 0.0748. The van der Waals surface area contributed by atoms with Crippen LogP contribution in [0.5, 0.6) is 5.88 Å². The van der Waals surface area contributed by atoms with Crippen LogP contribution in [0.3, 0.4) is 0 Å². The molecule has 0 aromatic carbocycles. The van der Waals surface area contributed by atoms with Gasteiger partial charge in [-0.1, -0.05) is 19.9 Å². The van der Waals surface area contributed by atoms with Crippen LogP contribution in [0.25, 0.3) is 0 Å². The maximum absolute atomic E-state index is 12.7. The Morgan fingerprint density at radius 1 is 1.30 bits per heavy atom. The molecule has 0 unspecified atom stereocenters. The van der Waals surface area contributed by atoms with Gasteiger partial charge in [-0.2, -0.15) is 0 Å². The molecule has 0 spiro atoms. The van der Waals surface area contributed by atoms with E-state index in [1.807, 2.05) is 19.9 Å². The molecule has 7 heteroatoms. The van der Waals surface area contributed by atoms with E-state index in [4.69, 9.17) is 4.74 Å². The lowest BCUT2D eigenvalue weighted by molar-refractivity contribution is 0.0234. The van der Waals surface area contributed by atoms with E-state index in [1.54, 1.807) is 24.4 Å². The molecule has 0 radical (unpaired) electrons. The molecule has 1 fully saturated rings. The minimum Gasteiger partial charge on any atom is -0.481 e. The molecule has 7 nitrogen and oxygen atoms in total. The van der Waals surface area contributed by atoms with Crippen LogP contribution in [0.2, 0.25) is 0 Å². The van der Waals surface area contributed by atoms with Crippen LogP contribution in [0.1, 0.15) is 60.3 Å². The van der Waals surface area contributed by atoms with E-state index >= 15 is 0 Å². The number of aromatic nitrogens is 2.